The van der Waals surface area contributed by atoms with Crippen LogP contribution in [-0.2, 0) is 5.88 Å². The van der Waals surface area contributed by atoms with Gasteiger partial charge in [0.1, 0.15) is 0 Å². The molecule has 1 atom stereocenters. The predicted molar refractivity (Wildman–Crippen MR) is 76.4 cm³/mol. The Kier molecular flexibility index (Phi) is 5.23. The van der Waals surface area contributed by atoms with Gasteiger partial charge < -0.3 is 10.0 Å². The van der Waals surface area contributed by atoms with E-state index >= 15 is 0 Å². The maximum absolute atomic E-state index is 12.6. The molecule has 0 spiro atoms. The van der Waals surface area contributed by atoms with E-state index in [1.165, 1.54) is 0 Å². The zero-order valence-electron chi connectivity index (χ0n) is 11.0. The van der Waals surface area contributed by atoms with E-state index in [0.29, 0.717) is 17.9 Å². The molecule has 1 unspecified atom stereocenters. The molecule has 1 saturated heterocycles. The molecule has 0 aliphatic carbocycles. The first-order chi connectivity index (χ1) is 9.26. The molecule has 3 nitrogen and oxygen atoms in total. The summed E-state index contributed by atoms with van der Waals surface area (Å²) in [7, 11) is 0. The van der Waals surface area contributed by atoms with Crippen molar-refractivity contribution in [1.29, 1.82) is 0 Å². The number of carbonyl (C=O) groups is 1. The van der Waals surface area contributed by atoms with Gasteiger partial charge in [0.2, 0.25) is 0 Å². The van der Waals surface area contributed by atoms with Gasteiger partial charge in [-0.05, 0) is 43.4 Å². The Balaban J connectivity index is 2.16. The summed E-state index contributed by atoms with van der Waals surface area (Å²) in [6, 6.07) is 7.66. The summed E-state index contributed by atoms with van der Waals surface area (Å²) in [6.07, 6.45) is 3.83. The van der Waals surface area contributed by atoms with Crippen LogP contribution in [0.25, 0.3) is 0 Å². The normalized spacial score (nSPS) is 19.5. The molecule has 0 saturated carbocycles. The van der Waals surface area contributed by atoms with E-state index in [4.69, 9.17) is 16.7 Å². The van der Waals surface area contributed by atoms with Crippen molar-refractivity contribution in [2.75, 3.05) is 13.2 Å². The molecule has 1 heterocycles. The van der Waals surface area contributed by atoms with Gasteiger partial charge >= 0.3 is 0 Å². The third-order valence-corrected chi connectivity index (χ3v) is 3.99. The molecule has 1 aliphatic heterocycles. The van der Waals surface area contributed by atoms with E-state index in [9.17, 15) is 4.79 Å². The molecule has 1 aromatic rings. The maximum Gasteiger partial charge on any atom is 0.254 e. The van der Waals surface area contributed by atoms with Gasteiger partial charge in [-0.25, -0.2) is 0 Å². The van der Waals surface area contributed by atoms with Gasteiger partial charge in [0, 0.05) is 30.6 Å². The van der Waals surface area contributed by atoms with Crippen LogP contribution >= 0.6 is 11.6 Å². The summed E-state index contributed by atoms with van der Waals surface area (Å²) in [5.74, 6) is 0.478. The molecular formula is C15H20ClNO2. The Bertz CT molecular complexity index is 434. The molecule has 4 heteroatoms. The van der Waals surface area contributed by atoms with E-state index in [1.807, 2.05) is 29.2 Å². The maximum atomic E-state index is 12.6. The van der Waals surface area contributed by atoms with E-state index in [1.54, 1.807) is 0 Å². The van der Waals surface area contributed by atoms with Crippen LogP contribution in [0.5, 0.6) is 0 Å². The van der Waals surface area contributed by atoms with Crippen molar-refractivity contribution in [2.45, 2.75) is 37.6 Å². The molecule has 0 bridgehead atoms. The van der Waals surface area contributed by atoms with Crippen molar-refractivity contribution >= 4 is 17.5 Å². The zero-order chi connectivity index (χ0) is 13.7. The molecule has 19 heavy (non-hydrogen) atoms. The molecule has 0 radical (unpaired) electrons. The first-order valence-corrected chi connectivity index (χ1v) is 7.36. The summed E-state index contributed by atoms with van der Waals surface area (Å²) in [5, 5.41) is 9.12. The van der Waals surface area contributed by atoms with Gasteiger partial charge in [0.05, 0.1) is 0 Å². The topological polar surface area (TPSA) is 40.5 Å². The Morgan fingerprint density at radius 1 is 1.42 bits per heavy atom. The lowest BCUT2D eigenvalue weighted by Gasteiger charge is -2.35. The number of likely N-dealkylation sites (tertiary alicyclic amines) is 1. The highest BCUT2D eigenvalue weighted by Gasteiger charge is 2.26. The lowest BCUT2D eigenvalue weighted by atomic mass is 9.98. The summed E-state index contributed by atoms with van der Waals surface area (Å²) in [6.45, 7) is 0.921. The number of nitrogens with zero attached hydrogens (tertiary/aromatic N) is 1. The fraction of sp³-hybridized carbons (Fsp3) is 0.533. The SMILES string of the molecule is O=C(c1cccc(CCl)c1)N1CCCCC1CCO. The number of hydrogen-bond donors (Lipinski definition) is 1. The molecule has 1 aromatic carbocycles. The lowest BCUT2D eigenvalue weighted by molar-refractivity contribution is 0.0574. The minimum Gasteiger partial charge on any atom is -0.396 e. The zero-order valence-corrected chi connectivity index (χ0v) is 11.8. The van der Waals surface area contributed by atoms with Gasteiger partial charge in [-0.1, -0.05) is 12.1 Å². The fourth-order valence-electron chi connectivity index (χ4n) is 2.67. The molecule has 2 rings (SSSR count). The molecule has 1 N–H and O–H groups in total. The number of carbonyl (C=O) groups excluding carboxylic acids is 1. The molecule has 1 amide bonds. The van der Waals surface area contributed by atoms with Crippen molar-refractivity contribution in [3.05, 3.63) is 35.4 Å². The highest BCUT2D eigenvalue weighted by Crippen LogP contribution is 2.22. The molecule has 1 fully saturated rings. The number of aliphatic hydroxyl groups excluding tert-OH is 1. The van der Waals surface area contributed by atoms with Crippen LogP contribution in [0.2, 0.25) is 0 Å². The van der Waals surface area contributed by atoms with Crippen LogP contribution in [-0.4, -0.2) is 35.1 Å². The third kappa shape index (κ3) is 3.48. The smallest absolute Gasteiger partial charge is 0.254 e. The van der Waals surface area contributed by atoms with Crippen molar-refractivity contribution in [2.24, 2.45) is 0 Å². The minimum atomic E-state index is 0.0603. The fourth-order valence-corrected chi connectivity index (χ4v) is 2.84. The van der Waals surface area contributed by atoms with Gasteiger partial charge in [0.25, 0.3) is 5.91 Å². The van der Waals surface area contributed by atoms with E-state index in [0.717, 1.165) is 31.4 Å². The first-order valence-electron chi connectivity index (χ1n) is 6.83. The summed E-state index contributed by atoms with van der Waals surface area (Å²) < 4.78 is 0. The summed E-state index contributed by atoms with van der Waals surface area (Å²) in [5.41, 5.74) is 1.66. The Morgan fingerprint density at radius 3 is 3.00 bits per heavy atom. The van der Waals surface area contributed by atoms with Gasteiger partial charge in [-0.3, -0.25) is 4.79 Å². The van der Waals surface area contributed by atoms with Crippen molar-refractivity contribution in [3.63, 3.8) is 0 Å². The summed E-state index contributed by atoms with van der Waals surface area (Å²) in [4.78, 5) is 14.5. The number of aliphatic hydroxyl groups is 1. The summed E-state index contributed by atoms with van der Waals surface area (Å²) >= 11 is 5.81. The second-order valence-electron chi connectivity index (χ2n) is 4.99. The van der Waals surface area contributed by atoms with Crippen LogP contribution in [0.1, 0.15) is 41.6 Å². The molecule has 1 aliphatic rings. The Morgan fingerprint density at radius 2 is 2.26 bits per heavy atom. The van der Waals surface area contributed by atoms with Crippen LogP contribution in [0.4, 0.5) is 0 Å². The molecule has 104 valence electrons. The monoisotopic (exact) mass is 281 g/mol. The van der Waals surface area contributed by atoms with E-state index in [2.05, 4.69) is 0 Å². The number of rotatable bonds is 4. The van der Waals surface area contributed by atoms with E-state index in [-0.39, 0.29) is 18.6 Å². The largest absolute Gasteiger partial charge is 0.396 e. The van der Waals surface area contributed by atoms with E-state index < -0.39 is 0 Å². The van der Waals surface area contributed by atoms with Crippen LogP contribution in [0, 0.1) is 0 Å². The van der Waals surface area contributed by atoms with Crippen molar-refractivity contribution in [1.82, 2.24) is 4.90 Å². The van der Waals surface area contributed by atoms with Crippen LogP contribution in [0.3, 0.4) is 0 Å². The second-order valence-corrected chi connectivity index (χ2v) is 5.26. The van der Waals surface area contributed by atoms with Gasteiger partial charge in [-0.2, -0.15) is 0 Å². The number of alkyl halides is 1. The number of hydrogen-bond acceptors (Lipinski definition) is 2. The average Bonchev–Trinajstić information content (AvgIpc) is 2.47. The number of piperidine rings is 1. The number of benzene rings is 1. The van der Waals surface area contributed by atoms with Crippen molar-refractivity contribution < 1.29 is 9.90 Å². The van der Waals surface area contributed by atoms with Crippen LogP contribution in [0.15, 0.2) is 24.3 Å². The number of halogens is 1. The second kappa shape index (κ2) is 6.92. The predicted octanol–water partition coefficient (Wildman–Crippen LogP) is 2.80. The number of amides is 1. The average molecular weight is 282 g/mol. The highest BCUT2D eigenvalue weighted by atomic mass is 35.5. The Labute approximate surface area is 119 Å². The highest BCUT2D eigenvalue weighted by molar-refractivity contribution is 6.17. The lowest BCUT2D eigenvalue weighted by Crippen LogP contribution is -2.44. The third-order valence-electron chi connectivity index (χ3n) is 3.68. The van der Waals surface area contributed by atoms with Gasteiger partial charge in [0.15, 0.2) is 0 Å². The van der Waals surface area contributed by atoms with Crippen LogP contribution < -0.4 is 0 Å². The minimum absolute atomic E-state index is 0.0603. The molecular weight excluding hydrogens is 262 g/mol. The quantitative estimate of drug-likeness (QED) is 0.862. The Hall–Kier alpha value is -1.06. The first kappa shape index (κ1) is 14.4. The van der Waals surface area contributed by atoms with Crippen molar-refractivity contribution in [3.8, 4) is 0 Å². The van der Waals surface area contributed by atoms with Gasteiger partial charge in [-0.15, -0.1) is 11.6 Å². The molecule has 0 aromatic heterocycles. The standard InChI is InChI=1S/C15H20ClNO2/c16-11-12-4-3-5-13(10-12)15(19)17-8-2-1-6-14(17)7-9-18/h3-5,10,14,18H,1-2,6-9,11H2.